The lowest BCUT2D eigenvalue weighted by molar-refractivity contribution is -0.186. The first-order valence-electron chi connectivity index (χ1n) is 14.0. The Balaban J connectivity index is 1.24. The van der Waals surface area contributed by atoms with Crippen molar-refractivity contribution in [2.24, 2.45) is 0 Å². The highest BCUT2D eigenvalue weighted by atomic mass is 32.2. The van der Waals surface area contributed by atoms with Gasteiger partial charge in [0.1, 0.15) is 13.7 Å². The molecule has 5 heterocycles. The summed E-state index contributed by atoms with van der Waals surface area (Å²) in [5, 5.41) is 7.86. The predicted octanol–water partition coefficient (Wildman–Crippen LogP) is 2.01. The molecule has 1 unspecified atom stereocenters. The van der Waals surface area contributed by atoms with E-state index in [0.717, 1.165) is 39.4 Å². The molecule has 0 spiro atoms. The maximum Gasteiger partial charge on any atom is 0.471 e. The molecule has 15 heteroatoms. The molecule has 0 radical (unpaired) electrons. The zero-order valence-electron chi connectivity index (χ0n) is 23.4. The van der Waals surface area contributed by atoms with Gasteiger partial charge in [-0.25, -0.2) is 13.4 Å². The monoisotopic (exact) mass is 611 g/mol. The van der Waals surface area contributed by atoms with E-state index in [9.17, 15) is 26.4 Å². The fraction of sp³-hybridized carbons (Fsp3) is 0.357. The van der Waals surface area contributed by atoms with Crippen LogP contribution < -0.4 is 10.8 Å². The number of nitrogens with one attached hydrogen (secondary N) is 1. The zero-order valence-corrected chi connectivity index (χ0v) is 24.2. The molecule has 1 atom stereocenters. The van der Waals surface area contributed by atoms with Crippen LogP contribution in [0.15, 0.2) is 59.9 Å². The SMILES string of the molecule is Bc1cnn2c(NCc3cccnc3)cc(C3CCCN(S(=O)(=O)c4ccc5c(c4)CN(C(=O)C(F)(F)F)CC5)C3)nc12. The predicted molar refractivity (Wildman–Crippen MR) is 155 cm³/mol. The van der Waals surface area contributed by atoms with Crippen molar-refractivity contribution in [1.29, 1.82) is 0 Å². The van der Waals surface area contributed by atoms with E-state index in [2.05, 4.69) is 15.4 Å². The van der Waals surface area contributed by atoms with Crippen molar-refractivity contribution in [1.82, 2.24) is 28.8 Å². The summed E-state index contributed by atoms with van der Waals surface area (Å²) in [6.45, 7) is 0.674. The Morgan fingerprint density at radius 1 is 1.12 bits per heavy atom. The number of carbonyl (C=O) groups excluding carboxylic acids is 1. The number of hydrogen-bond donors (Lipinski definition) is 1. The molecule has 0 bridgehead atoms. The van der Waals surface area contributed by atoms with Gasteiger partial charge in [0, 0.05) is 63.3 Å². The van der Waals surface area contributed by atoms with Crippen molar-refractivity contribution in [3.8, 4) is 0 Å². The Bertz CT molecular complexity index is 1780. The van der Waals surface area contributed by atoms with Gasteiger partial charge in [0.25, 0.3) is 0 Å². The number of rotatable bonds is 6. The van der Waals surface area contributed by atoms with Gasteiger partial charge in [-0.05, 0) is 59.6 Å². The van der Waals surface area contributed by atoms with Gasteiger partial charge in [-0.15, -0.1) is 0 Å². The minimum atomic E-state index is -4.98. The van der Waals surface area contributed by atoms with Crippen LogP contribution in [0.5, 0.6) is 0 Å². The van der Waals surface area contributed by atoms with Gasteiger partial charge in [0.2, 0.25) is 10.0 Å². The molecule has 2 aliphatic rings. The van der Waals surface area contributed by atoms with Crippen LogP contribution in [0.1, 0.15) is 41.1 Å². The third-order valence-electron chi connectivity index (χ3n) is 8.02. The summed E-state index contributed by atoms with van der Waals surface area (Å²) in [7, 11) is -2.04. The lowest BCUT2D eigenvalue weighted by atomic mass is 9.95. The van der Waals surface area contributed by atoms with Crippen molar-refractivity contribution in [3.05, 3.63) is 77.4 Å². The molecule has 224 valence electrons. The van der Waals surface area contributed by atoms with E-state index in [1.807, 2.05) is 26.0 Å². The normalized spacial score (nSPS) is 18.0. The molecule has 0 aliphatic carbocycles. The van der Waals surface area contributed by atoms with Gasteiger partial charge in [-0.2, -0.15) is 27.1 Å². The molecule has 43 heavy (non-hydrogen) atoms. The second-order valence-corrected chi connectivity index (χ2v) is 12.9. The molecule has 4 aromatic rings. The minimum absolute atomic E-state index is 0.00193. The zero-order chi connectivity index (χ0) is 30.4. The summed E-state index contributed by atoms with van der Waals surface area (Å²) < 4.78 is 69.8. The van der Waals surface area contributed by atoms with E-state index in [0.29, 0.717) is 30.7 Å². The molecular weight excluding hydrogens is 582 g/mol. The Kier molecular flexibility index (Phi) is 7.63. The van der Waals surface area contributed by atoms with Crippen molar-refractivity contribution < 1.29 is 26.4 Å². The summed E-state index contributed by atoms with van der Waals surface area (Å²) in [5.74, 6) is -1.37. The second-order valence-electron chi connectivity index (χ2n) is 11.0. The summed E-state index contributed by atoms with van der Waals surface area (Å²) >= 11 is 0. The van der Waals surface area contributed by atoms with Crippen LogP contribution in [-0.4, -0.2) is 76.8 Å². The third-order valence-corrected chi connectivity index (χ3v) is 9.89. The van der Waals surface area contributed by atoms with Gasteiger partial charge in [-0.1, -0.05) is 12.1 Å². The molecule has 1 N–H and O–H groups in total. The number of fused-ring (bicyclic) bond motifs is 2. The average molecular weight is 611 g/mol. The number of hydrogen-bond acceptors (Lipinski definition) is 7. The topological polar surface area (TPSA) is 113 Å². The van der Waals surface area contributed by atoms with E-state index in [-0.39, 0.29) is 36.9 Å². The van der Waals surface area contributed by atoms with Crippen LogP contribution in [0.3, 0.4) is 0 Å². The number of aromatic nitrogens is 4. The number of anilines is 1. The van der Waals surface area contributed by atoms with Crippen LogP contribution in [0.25, 0.3) is 5.65 Å². The first-order valence-corrected chi connectivity index (χ1v) is 15.4. The third kappa shape index (κ3) is 5.83. The molecule has 0 saturated carbocycles. The minimum Gasteiger partial charge on any atom is -0.366 e. The van der Waals surface area contributed by atoms with E-state index < -0.39 is 22.1 Å². The number of amides is 1. The summed E-state index contributed by atoms with van der Waals surface area (Å²) in [6.07, 6.45) is 1.82. The number of benzene rings is 1. The Labute approximate surface area is 247 Å². The van der Waals surface area contributed by atoms with E-state index in [4.69, 9.17) is 4.98 Å². The van der Waals surface area contributed by atoms with Gasteiger partial charge in [0.15, 0.2) is 5.65 Å². The van der Waals surface area contributed by atoms with Crippen molar-refractivity contribution in [2.75, 3.05) is 25.0 Å². The van der Waals surface area contributed by atoms with E-state index >= 15 is 0 Å². The lowest BCUT2D eigenvalue weighted by Crippen LogP contribution is -2.43. The highest BCUT2D eigenvalue weighted by molar-refractivity contribution is 7.89. The Morgan fingerprint density at radius 3 is 2.72 bits per heavy atom. The number of halogens is 3. The van der Waals surface area contributed by atoms with Crippen LogP contribution in [0.2, 0.25) is 0 Å². The summed E-state index contributed by atoms with van der Waals surface area (Å²) in [4.78, 5) is 21.5. The first-order chi connectivity index (χ1) is 20.5. The fourth-order valence-electron chi connectivity index (χ4n) is 5.72. The summed E-state index contributed by atoms with van der Waals surface area (Å²) in [5.41, 5.74) is 4.45. The van der Waals surface area contributed by atoms with Gasteiger partial charge in [0.05, 0.1) is 10.6 Å². The van der Waals surface area contributed by atoms with Crippen LogP contribution >= 0.6 is 0 Å². The number of nitrogens with zero attached hydrogens (tertiary/aromatic N) is 6. The number of sulfonamides is 1. The van der Waals surface area contributed by atoms with Crippen molar-refractivity contribution >= 4 is 40.7 Å². The maximum absolute atomic E-state index is 13.8. The number of piperidine rings is 1. The summed E-state index contributed by atoms with van der Waals surface area (Å²) in [6, 6.07) is 10.3. The molecule has 1 amide bonds. The smallest absolute Gasteiger partial charge is 0.366 e. The van der Waals surface area contributed by atoms with E-state index in [1.165, 1.54) is 16.4 Å². The quantitative estimate of drug-likeness (QED) is 0.332. The number of carbonyl (C=O) groups is 1. The van der Waals surface area contributed by atoms with Gasteiger partial charge < -0.3 is 10.2 Å². The first kappa shape index (κ1) is 29.1. The Hall–Kier alpha value is -3.98. The molecule has 3 aromatic heterocycles. The van der Waals surface area contributed by atoms with Crippen LogP contribution in [-0.2, 0) is 34.3 Å². The largest absolute Gasteiger partial charge is 0.471 e. The number of pyridine rings is 1. The highest BCUT2D eigenvalue weighted by Crippen LogP contribution is 2.33. The maximum atomic E-state index is 13.8. The molecule has 6 rings (SSSR count). The van der Waals surface area contributed by atoms with E-state index in [1.54, 1.807) is 29.2 Å². The van der Waals surface area contributed by atoms with Crippen LogP contribution in [0.4, 0.5) is 19.0 Å². The molecular formula is C28H29BF3N7O3S. The van der Waals surface area contributed by atoms with Gasteiger partial charge in [-0.3, -0.25) is 9.78 Å². The highest BCUT2D eigenvalue weighted by Gasteiger charge is 2.43. The molecule has 2 aliphatic heterocycles. The molecule has 1 aromatic carbocycles. The molecule has 10 nitrogen and oxygen atoms in total. The number of alkyl halides is 3. The van der Waals surface area contributed by atoms with Crippen LogP contribution in [0, 0.1) is 0 Å². The molecule has 1 fully saturated rings. The molecule has 1 saturated heterocycles. The van der Waals surface area contributed by atoms with Gasteiger partial charge >= 0.3 is 12.1 Å². The Morgan fingerprint density at radius 2 is 1.95 bits per heavy atom. The average Bonchev–Trinajstić information content (AvgIpc) is 3.39. The second kappa shape index (κ2) is 11.3. The van der Waals surface area contributed by atoms with Crippen molar-refractivity contribution in [3.63, 3.8) is 0 Å². The standard InChI is InChI=1S/C28H29BF3N7O3S/c29-23-15-35-39-25(34-14-18-3-1-8-33-13-18)12-24(36-26(23)39)20-4-2-9-38(17-20)43(41,42)22-6-5-19-7-10-37(16-21(19)11-22)27(40)28(30,31)32/h1,3,5-6,8,11-13,15,20,34H,2,4,7,9-10,14,16-17,29H2. The lowest BCUT2D eigenvalue weighted by Gasteiger charge is -2.33. The van der Waals surface area contributed by atoms with Crippen molar-refractivity contribution in [2.45, 2.75) is 49.3 Å². The fourth-order valence-corrected chi connectivity index (χ4v) is 7.29.